The summed E-state index contributed by atoms with van der Waals surface area (Å²) in [6, 6.07) is 3.60. The first-order valence-corrected chi connectivity index (χ1v) is 8.56. The smallest absolute Gasteiger partial charge is 0.406 e. The summed E-state index contributed by atoms with van der Waals surface area (Å²) in [5.74, 6) is -1.03. The molecule has 1 aliphatic heterocycles. The molecule has 0 radical (unpaired) electrons. The predicted octanol–water partition coefficient (Wildman–Crippen LogP) is 2.83. The zero-order valence-electron chi connectivity index (χ0n) is 15.5. The van der Waals surface area contributed by atoms with Gasteiger partial charge in [-0.2, -0.15) is 0 Å². The number of nitrogens with one attached hydrogen (secondary N) is 1. The minimum absolute atomic E-state index is 0.0321. The Morgan fingerprint density at radius 2 is 1.90 bits per heavy atom. The van der Waals surface area contributed by atoms with Crippen LogP contribution in [-0.2, 0) is 11.3 Å². The number of primary amides is 1. The fourth-order valence-corrected chi connectivity index (χ4v) is 2.94. The van der Waals surface area contributed by atoms with Crippen LogP contribution in [0.25, 0.3) is 0 Å². The minimum atomic E-state index is -4.85. The monoisotopic (exact) mass is 423 g/mol. The molecule has 9 nitrogen and oxygen atoms in total. The lowest BCUT2D eigenvalue weighted by atomic mass is 10.2. The van der Waals surface area contributed by atoms with Gasteiger partial charge in [-0.3, -0.25) is 9.78 Å². The molecule has 158 valence electrons. The van der Waals surface area contributed by atoms with Crippen molar-refractivity contribution in [2.24, 2.45) is 5.73 Å². The van der Waals surface area contributed by atoms with Gasteiger partial charge in [0.2, 0.25) is 0 Å². The summed E-state index contributed by atoms with van der Waals surface area (Å²) in [6.07, 6.45) is -2.05. The second-order valence-electron chi connectivity index (χ2n) is 6.32. The molecule has 5 amide bonds. The van der Waals surface area contributed by atoms with Gasteiger partial charge in [0.05, 0.1) is 24.1 Å². The number of carbonyl (C=O) groups excluding carboxylic acids is 3. The van der Waals surface area contributed by atoms with Gasteiger partial charge in [-0.1, -0.05) is 0 Å². The lowest BCUT2D eigenvalue weighted by molar-refractivity contribution is -0.274. The van der Waals surface area contributed by atoms with Crippen molar-refractivity contribution in [2.45, 2.75) is 25.9 Å². The molecule has 1 unspecified atom stereocenters. The average molecular weight is 423 g/mol. The number of ether oxygens (including phenoxy) is 1. The van der Waals surface area contributed by atoms with Crippen molar-refractivity contribution in [1.29, 1.82) is 0 Å². The molecule has 1 aliphatic rings. The SMILES string of the molecule is CC1C(=O)N(c2ccc(OC(F)(F)F)cc2)C(=O)N1Cc1ccncc1NC(N)=O. The van der Waals surface area contributed by atoms with Crippen molar-refractivity contribution in [2.75, 3.05) is 10.2 Å². The number of benzene rings is 1. The Balaban J connectivity index is 1.82. The predicted molar refractivity (Wildman–Crippen MR) is 98.5 cm³/mol. The molecule has 3 rings (SSSR count). The molecule has 1 atom stereocenters. The van der Waals surface area contributed by atoms with Crippen LogP contribution in [0, 0.1) is 0 Å². The summed E-state index contributed by atoms with van der Waals surface area (Å²) >= 11 is 0. The fourth-order valence-electron chi connectivity index (χ4n) is 2.94. The highest BCUT2D eigenvalue weighted by molar-refractivity contribution is 6.21. The number of urea groups is 2. The first-order valence-electron chi connectivity index (χ1n) is 8.56. The molecule has 0 saturated carbocycles. The molecule has 2 aromatic rings. The summed E-state index contributed by atoms with van der Waals surface area (Å²) in [4.78, 5) is 42.7. The number of pyridine rings is 1. The second kappa shape index (κ2) is 7.89. The Hall–Kier alpha value is -3.83. The van der Waals surface area contributed by atoms with Crippen molar-refractivity contribution < 1.29 is 32.3 Å². The number of nitrogens with two attached hydrogens (primary N) is 1. The average Bonchev–Trinajstić information content (AvgIpc) is 2.86. The lowest BCUT2D eigenvalue weighted by Crippen LogP contribution is -2.34. The van der Waals surface area contributed by atoms with E-state index in [9.17, 15) is 27.6 Å². The second-order valence-corrected chi connectivity index (χ2v) is 6.32. The quantitative estimate of drug-likeness (QED) is 0.717. The van der Waals surface area contributed by atoms with E-state index in [-0.39, 0.29) is 17.9 Å². The standard InChI is InChI=1S/C18H16F3N5O4/c1-10-15(27)26(12-2-4-13(5-3-12)30-18(19,20)21)17(29)25(10)9-11-6-7-23-8-14(11)24-16(22)28/h2-8,10H,9H2,1H3,(H3,22,24,28). The number of amides is 5. The summed E-state index contributed by atoms with van der Waals surface area (Å²) in [7, 11) is 0. The maximum Gasteiger partial charge on any atom is 0.573 e. The Morgan fingerprint density at radius 1 is 1.23 bits per heavy atom. The maximum absolute atomic E-state index is 12.9. The molecule has 30 heavy (non-hydrogen) atoms. The third kappa shape index (κ3) is 4.42. The van der Waals surface area contributed by atoms with Crippen molar-refractivity contribution in [3.63, 3.8) is 0 Å². The van der Waals surface area contributed by atoms with Crippen LogP contribution < -0.4 is 20.7 Å². The summed E-state index contributed by atoms with van der Waals surface area (Å²) in [6.45, 7) is 1.49. The number of hydrogen-bond donors (Lipinski definition) is 2. The van der Waals surface area contributed by atoms with Gasteiger partial charge < -0.3 is 20.7 Å². The van der Waals surface area contributed by atoms with E-state index in [1.807, 2.05) is 0 Å². The Kier molecular flexibility index (Phi) is 5.49. The van der Waals surface area contributed by atoms with Gasteiger partial charge >= 0.3 is 18.4 Å². The van der Waals surface area contributed by atoms with Crippen LogP contribution >= 0.6 is 0 Å². The van der Waals surface area contributed by atoms with Gasteiger partial charge in [0.1, 0.15) is 11.8 Å². The topological polar surface area (TPSA) is 118 Å². The lowest BCUT2D eigenvalue weighted by Gasteiger charge is -2.21. The number of rotatable bonds is 5. The maximum atomic E-state index is 12.9. The fraction of sp³-hybridized carbons (Fsp3) is 0.222. The highest BCUT2D eigenvalue weighted by atomic mass is 19.4. The largest absolute Gasteiger partial charge is 0.573 e. The molecule has 1 fully saturated rings. The van der Waals surface area contributed by atoms with Gasteiger partial charge in [-0.05, 0) is 42.8 Å². The minimum Gasteiger partial charge on any atom is -0.406 e. The molecule has 3 N–H and O–H groups in total. The van der Waals surface area contributed by atoms with E-state index in [1.54, 1.807) is 6.07 Å². The Labute approximate surface area is 168 Å². The van der Waals surface area contributed by atoms with E-state index in [4.69, 9.17) is 5.73 Å². The highest BCUT2D eigenvalue weighted by Crippen LogP contribution is 2.30. The number of nitrogens with zero attached hydrogens (tertiary/aromatic N) is 3. The molecule has 1 aromatic heterocycles. The van der Waals surface area contributed by atoms with Crippen LogP contribution in [0.3, 0.4) is 0 Å². The van der Waals surface area contributed by atoms with Crippen molar-refractivity contribution >= 4 is 29.3 Å². The van der Waals surface area contributed by atoms with Crippen LogP contribution in [0.5, 0.6) is 5.75 Å². The molecule has 0 spiro atoms. The van der Waals surface area contributed by atoms with E-state index in [0.717, 1.165) is 17.0 Å². The summed E-state index contributed by atoms with van der Waals surface area (Å²) in [5, 5.41) is 2.39. The zero-order chi connectivity index (χ0) is 22.1. The van der Waals surface area contributed by atoms with Crippen molar-refractivity contribution in [3.8, 4) is 5.75 Å². The first kappa shape index (κ1) is 20.9. The van der Waals surface area contributed by atoms with Gasteiger partial charge in [-0.25, -0.2) is 14.5 Å². The molecule has 2 heterocycles. The molecule has 12 heteroatoms. The number of imide groups is 1. The van der Waals surface area contributed by atoms with Gasteiger partial charge in [0.25, 0.3) is 5.91 Å². The third-order valence-electron chi connectivity index (χ3n) is 4.32. The van der Waals surface area contributed by atoms with Gasteiger partial charge in [0, 0.05) is 6.20 Å². The van der Waals surface area contributed by atoms with E-state index in [2.05, 4.69) is 15.0 Å². The van der Waals surface area contributed by atoms with Crippen molar-refractivity contribution in [1.82, 2.24) is 9.88 Å². The molecule has 1 aromatic carbocycles. The molecular formula is C18H16F3N5O4. The van der Waals surface area contributed by atoms with Crippen LogP contribution in [-0.4, -0.2) is 40.3 Å². The third-order valence-corrected chi connectivity index (χ3v) is 4.32. The van der Waals surface area contributed by atoms with E-state index < -0.39 is 36.1 Å². The number of alkyl halides is 3. The van der Waals surface area contributed by atoms with E-state index in [0.29, 0.717) is 5.56 Å². The van der Waals surface area contributed by atoms with Gasteiger partial charge in [-0.15, -0.1) is 13.2 Å². The van der Waals surface area contributed by atoms with Crippen LogP contribution in [0.15, 0.2) is 42.7 Å². The Morgan fingerprint density at radius 3 is 2.50 bits per heavy atom. The van der Waals surface area contributed by atoms with Crippen LogP contribution in [0.1, 0.15) is 12.5 Å². The number of aromatic nitrogens is 1. The van der Waals surface area contributed by atoms with Gasteiger partial charge in [0.15, 0.2) is 0 Å². The molecular weight excluding hydrogens is 407 g/mol. The normalized spacial score (nSPS) is 16.7. The number of halogens is 3. The van der Waals surface area contributed by atoms with Crippen LogP contribution in [0.4, 0.5) is 34.1 Å². The molecule has 0 aliphatic carbocycles. The molecule has 0 bridgehead atoms. The van der Waals surface area contributed by atoms with E-state index >= 15 is 0 Å². The van der Waals surface area contributed by atoms with Crippen LogP contribution in [0.2, 0.25) is 0 Å². The zero-order valence-corrected chi connectivity index (χ0v) is 15.5. The Bertz CT molecular complexity index is 981. The number of hydrogen-bond acceptors (Lipinski definition) is 5. The molecule has 1 saturated heterocycles. The summed E-state index contributed by atoms with van der Waals surface area (Å²) in [5.41, 5.74) is 6.00. The highest BCUT2D eigenvalue weighted by Gasteiger charge is 2.43. The van der Waals surface area contributed by atoms with Crippen molar-refractivity contribution in [3.05, 3.63) is 48.3 Å². The number of anilines is 2. The number of carbonyl (C=O) groups is 3. The first-order chi connectivity index (χ1) is 14.1. The summed E-state index contributed by atoms with van der Waals surface area (Å²) < 4.78 is 40.7. The van der Waals surface area contributed by atoms with E-state index in [1.165, 1.54) is 36.4 Å².